The number of aromatic nitrogens is 1. The van der Waals surface area contributed by atoms with Crippen molar-refractivity contribution in [3.63, 3.8) is 0 Å². The van der Waals surface area contributed by atoms with Crippen LogP contribution in [0.2, 0.25) is 5.02 Å². The van der Waals surface area contributed by atoms with Crippen molar-refractivity contribution in [2.24, 2.45) is 0 Å². The Morgan fingerprint density at radius 3 is 2.43 bits per heavy atom. The van der Waals surface area contributed by atoms with Crippen LogP contribution in [-0.4, -0.2) is 32.9 Å². The molecule has 1 saturated heterocycles. The number of amides is 2. The molecule has 0 spiro atoms. The number of fused-ring (bicyclic) bond motifs is 1. The Morgan fingerprint density at radius 1 is 0.971 bits per heavy atom. The van der Waals surface area contributed by atoms with Gasteiger partial charge in [-0.2, -0.15) is 0 Å². The summed E-state index contributed by atoms with van der Waals surface area (Å²) in [6.45, 7) is 2.44. The molecule has 0 saturated carbocycles. The third-order valence-corrected chi connectivity index (χ3v) is 7.08. The summed E-state index contributed by atoms with van der Waals surface area (Å²) in [4.78, 5) is 39.6. The summed E-state index contributed by atoms with van der Waals surface area (Å²) < 4.78 is 2.14. The van der Waals surface area contributed by atoms with Crippen molar-refractivity contribution in [3.8, 4) is 0 Å². The molecule has 174 valence electrons. The number of hydrogen-bond donors (Lipinski definition) is 0. The Bertz CT molecular complexity index is 1490. The molecule has 1 aromatic heterocycles. The van der Waals surface area contributed by atoms with E-state index in [9.17, 15) is 14.4 Å². The number of imide groups is 1. The van der Waals surface area contributed by atoms with E-state index in [2.05, 4.69) is 35.8 Å². The molecule has 0 atom stereocenters. The van der Waals surface area contributed by atoms with Crippen LogP contribution in [-0.2, 0) is 11.3 Å². The van der Waals surface area contributed by atoms with Crippen molar-refractivity contribution in [2.75, 3.05) is 6.54 Å². The van der Waals surface area contributed by atoms with Gasteiger partial charge >= 0.3 is 0 Å². The molecule has 7 heteroatoms. The number of carbonyl (C=O) groups is 3. The smallest absolute Gasteiger partial charge is 0.293 e. The number of benzene rings is 3. The van der Waals surface area contributed by atoms with E-state index < -0.39 is 11.1 Å². The Hall–Kier alpha value is -3.61. The van der Waals surface area contributed by atoms with Gasteiger partial charge in [0.15, 0.2) is 5.78 Å². The second kappa shape index (κ2) is 9.56. The van der Waals surface area contributed by atoms with Gasteiger partial charge in [0.2, 0.25) is 0 Å². The third kappa shape index (κ3) is 4.81. The lowest BCUT2D eigenvalue weighted by Gasteiger charge is -2.11. The second-order valence-electron chi connectivity index (χ2n) is 8.41. The van der Waals surface area contributed by atoms with Crippen LogP contribution in [0.25, 0.3) is 17.0 Å². The first-order valence-corrected chi connectivity index (χ1v) is 12.3. The van der Waals surface area contributed by atoms with Crippen molar-refractivity contribution < 1.29 is 14.4 Å². The topological polar surface area (TPSA) is 59.4 Å². The molecule has 2 amide bonds. The first-order chi connectivity index (χ1) is 16.9. The summed E-state index contributed by atoms with van der Waals surface area (Å²) in [6, 6.07) is 22.7. The highest BCUT2D eigenvalue weighted by Crippen LogP contribution is 2.34. The van der Waals surface area contributed by atoms with E-state index in [1.165, 1.54) is 11.1 Å². The lowest BCUT2D eigenvalue weighted by molar-refractivity contribution is -0.122. The number of rotatable bonds is 6. The Morgan fingerprint density at radius 2 is 1.69 bits per heavy atom. The van der Waals surface area contributed by atoms with Gasteiger partial charge in [0.1, 0.15) is 0 Å². The number of aryl methyl sites for hydroxylation is 1. The van der Waals surface area contributed by atoms with Crippen LogP contribution >= 0.6 is 23.4 Å². The van der Waals surface area contributed by atoms with Gasteiger partial charge in [-0.3, -0.25) is 19.3 Å². The van der Waals surface area contributed by atoms with E-state index in [1.54, 1.807) is 30.3 Å². The third-order valence-electron chi connectivity index (χ3n) is 5.92. The van der Waals surface area contributed by atoms with Gasteiger partial charge in [0.05, 0.1) is 11.4 Å². The average Bonchev–Trinajstić information content (AvgIpc) is 3.33. The Balaban J connectivity index is 1.41. The minimum absolute atomic E-state index is 0.303. The summed E-state index contributed by atoms with van der Waals surface area (Å²) in [5.74, 6) is -0.780. The minimum atomic E-state index is -0.460. The maximum Gasteiger partial charge on any atom is 0.293 e. The molecule has 1 aliphatic heterocycles. The van der Waals surface area contributed by atoms with Crippen LogP contribution in [0.5, 0.6) is 0 Å². The molecule has 2 heterocycles. The molecule has 0 N–H and O–H groups in total. The van der Waals surface area contributed by atoms with Gasteiger partial charge in [-0.25, -0.2) is 0 Å². The molecule has 1 aliphatic rings. The summed E-state index contributed by atoms with van der Waals surface area (Å²) in [7, 11) is 0. The quantitative estimate of drug-likeness (QED) is 0.222. The lowest BCUT2D eigenvalue weighted by atomic mass is 10.1. The zero-order chi connectivity index (χ0) is 24.5. The maximum atomic E-state index is 13.0. The molecule has 0 bridgehead atoms. The fourth-order valence-electron chi connectivity index (χ4n) is 4.06. The van der Waals surface area contributed by atoms with Crippen LogP contribution < -0.4 is 0 Å². The maximum absolute atomic E-state index is 13.0. The van der Waals surface area contributed by atoms with Crippen LogP contribution in [0.3, 0.4) is 0 Å². The number of para-hydroxylation sites is 1. The summed E-state index contributed by atoms with van der Waals surface area (Å²) in [6.07, 6.45) is 3.74. The SMILES string of the molecule is Cc1ccc(Cn2cc(/C=C3\SC(=O)N(CC(=O)c4ccc(Cl)cc4)C3=O)c3ccccc32)cc1. The van der Waals surface area contributed by atoms with E-state index >= 15 is 0 Å². The summed E-state index contributed by atoms with van der Waals surface area (Å²) >= 11 is 6.74. The highest BCUT2D eigenvalue weighted by Gasteiger charge is 2.36. The van der Waals surface area contributed by atoms with Crippen molar-refractivity contribution in [2.45, 2.75) is 13.5 Å². The molecule has 0 unspecified atom stereocenters. The average molecular weight is 501 g/mol. The molecule has 5 rings (SSSR count). The van der Waals surface area contributed by atoms with E-state index in [0.717, 1.165) is 33.1 Å². The normalized spacial score (nSPS) is 14.9. The molecule has 0 aliphatic carbocycles. The zero-order valence-electron chi connectivity index (χ0n) is 18.9. The molecule has 4 aromatic rings. The zero-order valence-corrected chi connectivity index (χ0v) is 20.5. The molecular formula is C28H21ClN2O3S. The van der Waals surface area contributed by atoms with Crippen LogP contribution in [0.15, 0.2) is 83.9 Å². The first kappa shape index (κ1) is 23.1. The molecule has 3 aromatic carbocycles. The largest absolute Gasteiger partial charge is 0.342 e. The second-order valence-corrected chi connectivity index (χ2v) is 9.84. The van der Waals surface area contributed by atoms with E-state index in [4.69, 9.17) is 11.6 Å². The van der Waals surface area contributed by atoms with Crippen molar-refractivity contribution in [1.82, 2.24) is 9.47 Å². The summed E-state index contributed by atoms with van der Waals surface area (Å²) in [5, 5.41) is 1.05. The number of carbonyl (C=O) groups excluding carboxylic acids is 3. The minimum Gasteiger partial charge on any atom is -0.342 e. The van der Waals surface area contributed by atoms with Crippen molar-refractivity contribution in [3.05, 3.63) is 111 Å². The first-order valence-electron chi connectivity index (χ1n) is 11.1. The predicted octanol–water partition coefficient (Wildman–Crippen LogP) is 6.57. The molecule has 0 radical (unpaired) electrons. The fraction of sp³-hybridized carbons (Fsp3) is 0.107. The number of hydrogen-bond acceptors (Lipinski definition) is 4. The number of Topliss-reactive ketones (excluding diaryl/α,β-unsaturated/α-hetero) is 1. The standard InChI is InChI=1S/C28H21ClN2O3S/c1-18-6-8-19(9-7-18)15-30-16-21(23-4-2-3-5-24(23)30)14-26-27(33)31(28(34)35-26)17-25(32)20-10-12-22(29)13-11-20/h2-14,16H,15,17H2,1H3/b26-14-. The molecule has 5 nitrogen and oxygen atoms in total. The van der Waals surface area contributed by atoms with Gasteiger partial charge in [-0.1, -0.05) is 59.6 Å². The number of halogens is 1. The van der Waals surface area contributed by atoms with E-state index in [0.29, 0.717) is 22.0 Å². The highest BCUT2D eigenvalue weighted by atomic mass is 35.5. The Kier molecular flexibility index (Phi) is 6.32. The van der Waals surface area contributed by atoms with Crippen molar-refractivity contribution >= 4 is 57.3 Å². The summed E-state index contributed by atoms with van der Waals surface area (Å²) in [5.41, 5.74) is 4.66. The van der Waals surface area contributed by atoms with E-state index in [-0.39, 0.29) is 12.3 Å². The predicted molar refractivity (Wildman–Crippen MR) is 141 cm³/mol. The van der Waals surface area contributed by atoms with Crippen LogP contribution in [0, 0.1) is 6.92 Å². The fourth-order valence-corrected chi connectivity index (χ4v) is 5.01. The Labute approximate surface area is 212 Å². The highest BCUT2D eigenvalue weighted by molar-refractivity contribution is 8.18. The number of nitrogens with zero attached hydrogens (tertiary/aromatic N) is 2. The number of thioether (sulfide) groups is 1. The molecule has 1 fully saturated rings. The van der Waals surface area contributed by atoms with Crippen molar-refractivity contribution in [1.29, 1.82) is 0 Å². The number of ketones is 1. The monoisotopic (exact) mass is 500 g/mol. The van der Waals surface area contributed by atoms with Gasteiger partial charge in [-0.05, 0) is 60.7 Å². The lowest BCUT2D eigenvalue weighted by Crippen LogP contribution is -2.33. The molecular weight excluding hydrogens is 480 g/mol. The van der Waals surface area contributed by atoms with Gasteiger partial charge in [0.25, 0.3) is 11.1 Å². The van der Waals surface area contributed by atoms with Crippen LogP contribution in [0.4, 0.5) is 4.79 Å². The van der Waals surface area contributed by atoms with Gasteiger partial charge in [0, 0.05) is 39.8 Å². The van der Waals surface area contributed by atoms with Gasteiger partial charge in [-0.15, -0.1) is 0 Å². The van der Waals surface area contributed by atoms with Crippen LogP contribution in [0.1, 0.15) is 27.0 Å². The molecule has 35 heavy (non-hydrogen) atoms. The van der Waals surface area contributed by atoms with Gasteiger partial charge < -0.3 is 4.57 Å². The van der Waals surface area contributed by atoms with E-state index in [1.807, 2.05) is 30.5 Å².